The highest BCUT2D eigenvalue weighted by atomic mass is 19.1. The van der Waals surface area contributed by atoms with E-state index in [0.717, 1.165) is 11.6 Å². The lowest BCUT2D eigenvalue weighted by Crippen LogP contribution is -2.24. The Hall–Kier alpha value is -3.09. The third-order valence-corrected chi connectivity index (χ3v) is 3.09. The normalized spacial score (nSPS) is 10.4. The van der Waals surface area contributed by atoms with Crippen molar-refractivity contribution in [2.75, 3.05) is 0 Å². The van der Waals surface area contributed by atoms with Gasteiger partial charge in [-0.05, 0) is 34.2 Å². The molecule has 1 amide bonds. The third kappa shape index (κ3) is 2.98. The van der Waals surface area contributed by atoms with Gasteiger partial charge in [0.2, 0.25) is 0 Å². The van der Waals surface area contributed by atoms with E-state index in [9.17, 15) is 9.18 Å². The average Bonchev–Trinajstić information content (AvgIpc) is 3.08. The van der Waals surface area contributed by atoms with E-state index in [0.29, 0.717) is 12.2 Å². The zero-order valence-corrected chi connectivity index (χ0v) is 11.5. The summed E-state index contributed by atoms with van der Waals surface area (Å²) in [5, 5.41) is 13.5. The summed E-state index contributed by atoms with van der Waals surface area (Å²) in [7, 11) is 0. The molecule has 3 rings (SSSR count). The summed E-state index contributed by atoms with van der Waals surface area (Å²) in [5.74, 6) is -0.893. The molecule has 0 aliphatic carbocycles. The number of hydrogen-bond acceptors (Lipinski definition) is 4. The maximum atomic E-state index is 13.5. The second kappa shape index (κ2) is 6.13. The number of hydrogen-bond donors (Lipinski definition) is 1. The van der Waals surface area contributed by atoms with Crippen LogP contribution in [0.5, 0.6) is 0 Å². The molecule has 1 heterocycles. The van der Waals surface area contributed by atoms with Crippen LogP contribution in [0.4, 0.5) is 4.39 Å². The maximum Gasteiger partial charge on any atom is 0.253 e. The van der Waals surface area contributed by atoms with Crippen LogP contribution < -0.4 is 5.32 Å². The van der Waals surface area contributed by atoms with Gasteiger partial charge in [-0.2, -0.15) is 4.68 Å². The van der Waals surface area contributed by atoms with E-state index in [1.807, 2.05) is 30.3 Å². The Morgan fingerprint density at radius 3 is 2.73 bits per heavy atom. The molecular formula is C15H12FN5O. The number of benzene rings is 2. The van der Waals surface area contributed by atoms with Crippen molar-refractivity contribution < 1.29 is 9.18 Å². The highest BCUT2D eigenvalue weighted by Gasteiger charge is 2.14. The molecule has 7 heteroatoms. The van der Waals surface area contributed by atoms with Crippen molar-refractivity contribution in [2.45, 2.75) is 6.54 Å². The molecule has 6 nitrogen and oxygen atoms in total. The van der Waals surface area contributed by atoms with E-state index in [-0.39, 0.29) is 5.56 Å². The van der Waals surface area contributed by atoms with Gasteiger partial charge < -0.3 is 5.32 Å². The third-order valence-electron chi connectivity index (χ3n) is 3.09. The molecule has 2 aromatic carbocycles. The summed E-state index contributed by atoms with van der Waals surface area (Å²) >= 11 is 0. The van der Waals surface area contributed by atoms with Crippen LogP contribution in [-0.2, 0) is 6.54 Å². The van der Waals surface area contributed by atoms with Crippen molar-refractivity contribution in [3.05, 3.63) is 71.8 Å². The van der Waals surface area contributed by atoms with Gasteiger partial charge in [0.05, 0.1) is 11.3 Å². The van der Waals surface area contributed by atoms with Crippen LogP contribution in [0.2, 0.25) is 0 Å². The Kier molecular flexibility index (Phi) is 3.86. The van der Waals surface area contributed by atoms with Crippen LogP contribution in [0.25, 0.3) is 5.69 Å². The van der Waals surface area contributed by atoms with E-state index in [1.54, 1.807) is 0 Å². The first-order chi connectivity index (χ1) is 10.7. The van der Waals surface area contributed by atoms with E-state index in [1.165, 1.54) is 23.1 Å². The standard InChI is InChI=1S/C15H12FN5O/c16-12-6-7-14(21-10-18-19-20-21)13(8-12)15(22)17-9-11-4-2-1-3-5-11/h1-8,10H,9H2,(H,17,22). The summed E-state index contributed by atoms with van der Waals surface area (Å²) in [5.41, 5.74) is 1.54. The highest BCUT2D eigenvalue weighted by Crippen LogP contribution is 2.15. The van der Waals surface area contributed by atoms with Crippen molar-refractivity contribution in [3.8, 4) is 5.69 Å². The van der Waals surface area contributed by atoms with Crippen molar-refractivity contribution in [3.63, 3.8) is 0 Å². The molecular weight excluding hydrogens is 285 g/mol. The van der Waals surface area contributed by atoms with Crippen LogP contribution in [0.3, 0.4) is 0 Å². The van der Waals surface area contributed by atoms with Gasteiger partial charge in [0.25, 0.3) is 5.91 Å². The topological polar surface area (TPSA) is 72.7 Å². The first-order valence-electron chi connectivity index (χ1n) is 6.59. The van der Waals surface area contributed by atoms with E-state index >= 15 is 0 Å². The number of amides is 1. The quantitative estimate of drug-likeness (QED) is 0.796. The van der Waals surface area contributed by atoms with E-state index in [2.05, 4.69) is 20.8 Å². The van der Waals surface area contributed by atoms with Crippen LogP contribution in [-0.4, -0.2) is 26.1 Å². The molecule has 0 saturated heterocycles. The predicted molar refractivity (Wildman–Crippen MR) is 76.7 cm³/mol. The number of nitrogens with one attached hydrogen (secondary N) is 1. The Balaban J connectivity index is 1.84. The maximum absolute atomic E-state index is 13.5. The van der Waals surface area contributed by atoms with Gasteiger partial charge in [0.1, 0.15) is 12.1 Å². The number of nitrogens with zero attached hydrogens (tertiary/aromatic N) is 4. The number of carbonyl (C=O) groups excluding carboxylic acids is 1. The van der Waals surface area contributed by atoms with Gasteiger partial charge in [-0.3, -0.25) is 4.79 Å². The molecule has 110 valence electrons. The minimum Gasteiger partial charge on any atom is -0.348 e. The second-order valence-electron chi connectivity index (χ2n) is 4.58. The zero-order valence-electron chi connectivity index (χ0n) is 11.5. The number of rotatable bonds is 4. The fourth-order valence-corrected chi connectivity index (χ4v) is 2.04. The summed E-state index contributed by atoms with van der Waals surface area (Å²) in [6.45, 7) is 0.352. The van der Waals surface area contributed by atoms with Gasteiger partial charge in [-0.25, -0.2) is 4.39 Å². The minimum atomic E-state index is -0.498. The van der Waals surface area contributed by atoms with Crippen LogP contribution in [0.1, 0.15) is 15.9 Å². The molecule has 0 spiro atoms. The lowest BCUT2D eigenvalue weighted by atomic mass is 10.1. The molecule has 1 N–H and O–H groups in total. The van der Waals surface area contributed by atoms with Crippen molar-refractivity contribution in [1.82, 2.24) is 25.5 Å². The second-order valence-corrected chi connectivity index (χ2v) is 4.58. The fraction of sp³-hybridized carbons (Fsp3) is 0.0667. The molecule has 0 fully saturated rings. The molecule has 0 atom stereocenters. The Morgan fingerprint density at radius 1 is 1.18 bits per heavy atom. The number of halogens is 1. The molecule has 22 heavy (non-hydrogen) atoms. The fourth-order valence-electron chi connectivity index (χ4n) is 2.04. The van der Waals surface area contributed by atoms with E-state index < -0.39 is 11.7 Å². The van der Waals surface area contributed by atoms with Gasteiger partial charge >= 0.3 is 0 Å². The molecule has 0 bridgehead atoms. The summed E-state index contributed by atoms with van der Waals surface area (Å²) in [4.78, 5) is 12.3. The molecule has 0 aliphatic heterocycles. The minimum absolute atomic E-state index is 0.170. The van der Waals surface area contributed by atoms with Gasteiger partial charge in [0.15, 0.2) is 0 Å². The molecule has 1 aromatic heterocycles. The highest BCUT2D eigenvalue weighted by molar-refractivity contribution is 5.97. The summed E-state index contributed by atoms with van der Waals surface area (Å²) in [6, 6.07) is 13.3. The predicted octanol–water partition coefficient (Wildman–Crippen LogP) is 1.73. The Morgan fingerprint density at radius 2 is 2.00 bits per heavy atom. The molecule has 0 aliphatic rings. The van der Waals surface area contributed by atoms with Crippen LogP contribution in [0.15, 0.2) is 54.9 Å². The number of carbonyl (C=O) groups is 1. The van der Waals surface area contributed by atoms with Gasteiger partial charge in [-0.1, -0.05) is 30.3 Å². The first-order valence-corrected chi connectivity index (χ1v) is 6.59. The first kappa shape index (κ1) is 13.9. The molecule has 0 radical (unpaired) electrons. The van der Waals surface area contributed by atoms with Crippen LogP contribution in [0, 0.1) is 5.82 Å². The van der Waals surface area contributed by atoms with Crippen molar-refractivity contribution in [1.29, 1.82) is 0 Å². The molecule has 3 aromatic rings. The van der Waals surface area contributed by atoms with Gasteiger partial charge in [0, 0.05) is 6.54 Å². The van der Waals surface area contributed by atoms with Crippen LogP contribution >= 0.6 is 0 Å². The average molecular weight is 297 g/mol. The number of tetrazole rings is 1. The number of aromatic nitrogens is 4. The largest absolute Gasteiger partial charge is 0.348 e. The summed E-state index contributed by atoms with van der Waals surface area (Å²) in [6.07, 6.45) is 1.35. The monoisotopic (exact) mass is 297 g/mol. The molecule has 0 saturated carbocycles. The lowest BCUT2D eigenvalue weighted by molar-refractivity contribution is 0.0950. The SMILES string of the molecule is O=C(NCc1ccccc1)c1cc(F)ccc1-n1cnnn1. The van der Waals surface area contributed by atoms with Crippen molar-refractivity contribution >= 4 is 5.91 Å². The van der Waals surface area contributed by atoms with E-state index in [4.69, 9.17) is 0 Å². The Bertz CT molecular complexity index is 774. The molecule has 0 unspecified atom stereocenters. The van der Waals surface area contributed by atoms with Gasteiger partial charge in [-0.15, -0.1) is 5.10 Å². The van der Waals surface area contributed by atoms with Crippen molar-refractivity contribution in [2.24, 2.45) is 0 Å². The Labute approximate surface area is 125 Å². The summed E-state index contributed by atoms with van der Waals surface area (Å²) < 4.78 is 14.8. The smallest absolute Gasteiger partial charge is 0.253 e. The zero-order chi connectivity index (χ0) is 15.4. The lowest BCUT2D eigenvalue weighted by Gasteiger charge is -2.09.